The average molecular weight is 326 g/mol. The van der Waals surface area contributed by atoms with E-state index in [9.17, 15) is 8.78 Å². The van der Waals surface area contributed by atoms with Crippen molar-refractivity contribution in [2.45, 2.75) is 32.9 Å². The van der Waals surface area contributed by atoms with E-state index in [-0.39, 0.29) is 6.04 Å². The van der Waals surface area contributed by atoms with Crippen molar-refractivity contribution in [1.82, 2.24) is 30.1 Å². The summed E-state index contributed by atoms with van der Waals surface area (Å²) in [4.78, 5) is 6.60. The lowest BCUT2D eigenvalue weighted by Crippen LogP contribution is -2.44. The van der Waals surface area contributed by atoms with Crippen LogP contribution in [0.2, 0.25) is 0 Å². The summed E-state index contributed by atoms with van der Waals surface area (Å²) in [6.45, 7) is 3.28. The quantitative estimate of drug-likeness (QED) is 0.917. The Hall–Kier alpha value is -1.87. The fourth-order valence-corrected chi connectivity index (χ4v) is 2.86. The third-order valence-electron chi connectivity index (χ3n) is 4.28. The second-order valence-corrected chi connectivity index (χ2v) is 5.80. The summed E-state index contributed by atoms with van der Waals surface area (Å²) in [5.41, 5.74) is 1.68. The molecule has 0 amide bonds. The first-order valence-corrected chi connectivity index (χ1v) is 7.53. The van der Waals surface area contributed by atoms with Crippen molar-refractivity contribution in [2.75, 3.05) is 26.7 Å². The van der Waals surface area contributed by atoms with Gasteiger partial charge in [0.2, 0.25) is 5.89 Å². The molecular formula is C14H20F2N6O. The van der Waals surface area contributed by atoms with Crippen LogP contribution in [0.4, 0.5) is 8.78 Å². The van der Waals surface area contributed by atoms with E-state index < -0.39 is 6.55 Å². The van der Waals surface area contributed by atoms with Crippen molar-refractivity contribution in [3.05, 3.63) is 28.7 Å². The zero-order valence-corrected chi connectivity index (χ0v) is 13.4. The minimum atomic E-state index is -2.65. The standard InChI is InChI=1S/C14H20F2N6O/c1-8-10(9(2)22(19-8)14(15)16)6-12-18-13(20-23-12)11-7-17-4-5-21(11)3/h11,14,17H,4-7H2,1-3H3. The third kappa shape index (κ3) is 3.11. The number of halogens is 2. The fraction of sp³-hybridized carbons (Fsp3) is 0.643. The number of aromatic nitrogens is 4. The maximum atomic E-state index is 12.9. The van der Waals surface area contributed by atoms with Gasteiger partial charge in [-0.05, 0) is 20.9 Å². The van der Waals surface area contributed by atoms with Gasteiger partial charge in [0.1, 0.15) is 0 Å². The van der Waals surface area contributed by atoms with Crippen molar-refractivity contribution in [3.63, 3.8) is 0 Å². The summed E-state index contributed by atoms with van der Waals surface area (Å²) >= 11 is 0. The summed E-state index contributed by atoms with van der Waals surface area (Å²) < 4.78 is 31.8. The smallest absolute Gasteiger partial charge is 0.333 e. The Labute approximate surface area is 132 Å². The van der Waals surface area contributed by atoms with Crippen LogP contribution in [0.3, 0.4) is 0 Å². The molecule has 1 aliphatic heterocycles. The summed E-state index contributed by atoms with van der Waals surface area (Å²) in [6.07, 6.45) is 0.307. The maximum absolute atomic E-state index is 12.9. The molecule has 1 unspecified atom stereocenters. The van der Waals surface area contributed by atoms with Crippen LogP contribution in [0.15, 0.2) is 4.52 Å². The van der Waals surface area contributed by atoms with Crippen molar-refractivity contribution < 1.29 is 13.3 Å². The van der Waals surface area contributed by atoms with Crippen molar-refractivity contribution in [3.8, 4) is 0 Å². The summed E-state index contributed by atoms with van der Waals surface area (Å²) in [5, 5.41) is 11.2. The van der Waals surface area contributed by atoms with E-state index in [4.69, 9.17) is 4.52 Å². The number of rotatable bonds is 4. The van der Waals surface area contributed by atoms with Gasteiger partial charge < -0.3 is 9.84 Å². The molecular weight excluding hydrogens is 306 g/mol. The monoisotopic (exact) mass is 326 g/mol. The normalized spacial score (nSPS) is 19.7. The van der Waals surface area contributed by atoms with Crippen LogP contribution in [-0.4, -0.2) is 51.5 Å². The molecule has 2 aromatic rings. The van der Waals surface area contributed by atoms with Crippen LogP contribution >= 0.6 is 0 Å². The molecule has 0 spiro atoms. The summed E-state index contributed by atoms with van der Waals surface area (Å²) in [5.74, 6) is 1.03. The fourth-order valence-electron chi connectivity index (χ4n) is 2.86. The SMILES string of the molecule is Cc1nn(C(F)F)c(C)c1Cc1nc(C2CNCCN2C)no1. The van der Waals surface area contributed by atoms with Gasteiger partial charge in [0, 0.05) is 30.9 Å². The van der Waals surface area contributed by atoms with Gasteiger partial charge in [0.15, 0.2) is 5.82 Å². The molecule has 1 atom stereocenters. The highest BCUT2D eigenvalue weighted by molar-refractivity contribution is 5.27. The van der Waals surface area contributed by atoms with Crippen LogP contribution in [0, 0.1) is 13.8 Å². The van der Waals surface area contributed by atoms with Crippen molar-refractivity contribution in [1.29, 1.82) is 0 Å². The molecule has 1 N–H and O–H groups in total. The number of likely N-dealkylation sites (N-methyl/N-ethyl adjacent to an activating group) is 1. The summed E-state index contributed by atoms with van der Waals surface area (Å²) in [6, 6.07) is 0.0623. The highest BCUT2D eigenvalue weighted by atomic mass is 19.3. The number of aryl methyl sites for hydroxylation is 1. The van der Waals surface area contributed by atoms with Crippen LogP contribution in [-0.2, 0) is 6.42 Å². The Balaban J connectivity index is 1.79. The van der Waals surface area contributed by atoms with Crippen LogP contribution < -0.4 is 5.32 Å². The Morgan fingerprint density at radius 2 is 2.17 bits per heavy atom. The van der Waals surface area contributed by atoms with Crippen LogP contribution in [0.5, 0.6) is 0 Å². The van der Waals surface area contributed by atoms with Crippen LogP contribution in [0.1, 0.15) is 41.3 Å². The zero-order chi connectivity index (χ0) is 16.6. The Bertz CT molecular complexity index is 683. The molecule has 7 nitrogen and oxygen atoms in total. The molecule has 0 radical (unpaired) electrons. The van der Waals surface area contributed by atoms with Gasteiger partial charge in [-0.25, -0.2) is 4.68 Å². The maximum Gasteiger partial charge on any atom is 0.333 e. The number of alkyl halides is 2. The molecule has 3 rings (SSSR count). The molecule has 9 heteroatoms. The lowest BCUT2D eigenvalue weighted by atomic mass is 10.1. The molecule has 0 aromatic carbocycles. The first kappa shape index (κ1) is 16.0. The van der Waals surface area contributed by atoms with Gasteiger partial charge >= 0.3 is 6.55 Å². The van der Waals surface area contributed by atoms with Crippen LogP contribution in [0.25, 0.3) is 0 Å². The van der Waals surface area contributed by atoms with E-state index in [0.29, 0.717) is 35.1 Å². The average Bonchev–Trinajstić information content (AvgIpc) is 3.08. The molecule has 1 fully saturated rings. The first-order valence-electron chi connectivity index (χ1n) is 7.53. The molecule has 0 aliphatic carbocycles. The molecule has 2 aromatic heterocycles. The molecule has 1 aliphatic rings. The molecule has 0 saturated carbocycles. The first-order chi connectivity index (χ1) is 11.0. The Morgan fingerprint density at radius 1 is 1.39 bits per heavy atom. The van der Waals surface area contributed by atoms with E-state index in [0.717, 1.165) is 24.3 Å². The van der Waals surface area contributed by atoms with Gasteiger partial charge in [0.25, 0.3) is 0 Å². The largest absolute Gasteiger partial charge is 0.339 e. The number of hydrogen-bond donors (Lipinski definition) is 1. The minimum Gasteiger partial charge on any atom is -0.339 e. The van der Waals surface area contributed by atoms with Gasteiger partial charge in [-0.1, -0.05) is 5.16 Å². The predicted molar refractivity (Wildman–Crippen MR) is 78.3 cm³/mol. The van der Waals surface area contributed by atoms with E-state index in [1.807, 2.05) is 7.05 Å². The van der Waals surface area contributed by atoms with E-state index in [2.05, 4.69) is 25.5 Å². The second-order valence-electron chi connectivity index (χ2n) is 5.80. The molecule has 3 heterocycles. The lowest BCUT2D eigenvalue weighted by molar-refractivity contribution is 0.0540. The number of nitrogens with zero attached hydrogens (tertiary/aromatic N) is 5. The van der Waals surface area contributed by atoms with E-state index in [1.165, 1.54) is 0 Å². The molecule has 126 valence electrons. The van der Waals surface area contributed by atoms with Gasteiger partial charge in [-0.2, -0.15) is 18.9 Å². The Kier molecular flexibility index (Phi) is 4.40. The Morgan fingerprint density at radius 3 is 2.83 bits per heavy atom. The van der Waals surface area contributed by atoms with E-state index >= 15 is 0 Å². The molecule has 23 heavy (non-hydrogen) atoms. The zero-order valence-electron chi connectivity index (χ0n) is 13.4. The van der Waals surface area contributed by atoms with Gasteiger partial charge in [-0.3, -0.25) is 4.90 Å². The molecule has 0 bridgehead atoms. The minimum absolute atomic E-state index is 0.0623. The molecule has 1 saturated heterocycles. The van der Waals surface area contributed by atoms with Crippen molar-refractivity contribution in [2.24, 2.45) is 0 Å². The lowest BCUT2D eigenvalue weighted by Gasteiger charge is -2.30. The number of nitrogens with one attached hydrogen (secondary N) is 1. The highest BCUT2D eigenvalue weighted by Gasteiger charge is 2.26. The second kappa shape index (κ2) is 6.32. The van der Waals surface area contributed by atoms with Gasteiger partial charge in [-0.15, -0.1) is 0 Å². The third-order valence-corrected chi connectivity index (χ3v) is 4.28. The highest BCUT2D eigenvalue weighted by Crippen LogP contribution is 2.23. The predicted octanol–water partition coefficient (Wildman–Crippen LogP) is 1.44. The summed E-state index contributed by atoms with van der Waals surface area (Å²) in [7, 11) is 2.02. The topological polar surface area (TPSA) is 72.0 Å². The van der Waals surface area contributed by atoms with Gasteiger partial charge in [0.05, 0.1) is 18.2 Å². The van der Waals surface area contributed by atoms with E-state index in [1.54, 1.807) is 13.8 Å². The number of piperazine rings is 1. The van der Waals surface area contributed by atoms with Crippen molar-refractivity contribution >= 4 is 0 Å². The number of hydrogen-bond acceptors (Lipinski definition) is 6.